The monoisotopic (exact) mass is 317 g/mol. The van der Waals surface area contributed by atoms with Crippen molar-refractivity contribution < 1.29 is 14.3 Å². The van der Waals surface area contributed by atoms with Crippen LogP contribution in [0.1, 0.15) is 31.2 Å². The Morgan fingerprint density at radius 1 is 1.26 bits per heavy atom. The predicted molar refractivity (Wildman–Crippen MR) is 84.7 cm³/mol. The molecular weight excluding hydrogens is 297 g/mol. The fourth-order valence-corrected chi connectivity index (χ4v) is 3.06. The Balaban J connectivity index is 1.63. The van der Waals surface area contributed by atoms with Crippen LogP contribution in [0, 0.1) is 11.7 Å². The molecule has 1 saturated carbocycles. The molecule has 1 aliphatic carbocycles. The van der Waals surface area contributed by atoms with Crippen LogP contribution in [-0.4, -0.2) is 26.9 Å². The number of hydrogen-bond donors (Lipinski definition) is 2. The molecule has 122 valence electrons. The molecular formula is C17H20FN3O2. The van der Waals surface area contributed by atoms with E-state index in [1.54, 1.807) is 23.0 Å². The molecule has 1 aromatic heterocycles. The van der Waals surface area contributed by atoms with E-state index in [1.807, 2.05) is 12.1 Å². The van der Waals surface area contributed by atoms with Crippen molar-refractivity contribution in [3.05, 3.63) is 47.9 Å². The van der Waals surface area contributed by atoms with Gasteiger partial charge in [-0.1, -0.05) is 18.2 Å². The van der Waals surface area contributed by atoms with E-state index in [-0.39, 0.29) is 17.8 Å². The van der Waals surface area contributed by atoms with Crippen LogP contribution in [0.4, 0.5) is 10.2 Å². The smallest absolute Gasteiger partial charge is 0.306 e. The van der Waals surface area contributed by atoms with Crippen LogP contribution < -0.4 is 5.32 Å². The zero-order valence-electron chi connectivity index (χ0n) is 12.8. The Kier molecular flexibility index (Phi) is 4.60. The molecule has 1 aromatic carbocycles. The normalized spacial score (nSPS) is 21.1. The van der Waals surface area contributed by atoms with Crippen LogP contribution in [0.25, 0.3) is 0 Å². The van der Waals surface area contributed by atoms with Crippen molar-refractivity contribution in [2.75, 3.05) is 5.32 Å². The fraction of sp³-hybridized carbons (Fsp3) is 0.412. The maximum Gasteiger partial charge on any atom is 0.306 e. The zero-order chi connectivity index (χ0) is 16.2. The lowest BCUT2D eigenvalue weighted by Gasteiger charge is -2.27. The van der Waals surface area contributed by atoms with Crippen LogP contribution in [0.5, 0.6) is 0 Å². The number of nitrogens with zero attached hydrogens (tertiary/aromatic N) is 2. The van der Waals surface area contributed by atoms with Gasteiger partial charge in [0.25, 0.3) is 0 Å². The first-order valence-corrected chi connectivity index (χ1v) is 7.88. The van der Waals surface area contributed by atoms with Gasteiger partial charge in [-0.15, -0.1) is 0 Å². The quantitative estimate of drug-likeness (QED) is 0.889. The minimum atomic E-state index is -0.701. The van der Waals surface area contributed by atoms with E-state index < -0.39 is 5.97 Å². The second-order valence-electron chi connectivity index (χ2n) is 6.00. The number of carbonyl (C=O) groups is 1. The van der Waals surface area contributed by atoms with Gasteiger partial charge in [-0.2, -0.15) is 5.10 Å². The number of anilines is 1. The minimum Gasteiger partial charge on any atom is -0.481 e. The lowest BCUT2D eigenvalue weighted by molar-refractivity contribution is -0.142. The average molecular weight is 317 g/mol. The number of hydrogen-bond acceptors (Lipinski definition) is 3. The first kappa shape index (κ1) is 15.5. The fourth-order valence-electron chi connectivity index (χ4n) is 3.06. The Morgan fingerprint density at radius 3 is 2.70 bits per heavy atom. The molecule has 0 bridgehead atoms. The van der Waals surface area contributed by atoms with Crippen molar-refractivity contribution in [1.29, 1.82) is 0 Å². The molecule has 0 radical (unpaired) electrons. The second-order valence-corrected chi connectivity index (χ2v) is 6.00. The van der Waals surface area contributed by atoms with Crippen molar-refractivity contribution in [2.24, 2.45) is 5.92 Å². The topological polar surface area (TPSA) is 67.2 Å². The van der Waals surface area contributed by atoms with Crippen LogP contribution in [0.3, 0.4) is 0 Å². The highest BCUT2D eigenvalue weighted by Crippen LogP contribution is 2.27. The molecule has 6 heteroatoms. The number of aromatic nitrogens is 2. The van der Waals surface area contributed by atoms with Crippen LogP contribution in [-0.2, 0) is 11.3 Å². The van der Waals surface area contributed by atoms with Gasteiger partial charge in [-0.25, -0.2) is 9.07 Å². The largest absolute Gasteiger partial charge is 0.481 e. The van der Waals surface area contributed by atoms with E-state index >= 15 is 0 Å². The summed E-state index contributed by atoms with van der Waals surface area (Å²) in [5, 5.41) is 16.7. The summed E-state index contributed by atoms with van der Waals surface area (Å²) in [6.07, 6.45) is 4.71. The molecule has 2 N–H and O–H groups in total. The highest BCUT2D eigenvalue weighted by molar-refractivity contribution is 5.70. The molecule has 5 nitrogen and oxygen atoms in total. The molecule has 23 heavy (non-hydrogen) atoms. The first-order chi connectivity index (χ1) is 11.1. The van der Waals surface area contributed by atoms with Gasteiger partial charge in [0.1, 0.15) is 11.6 Å². The van der Waals surface area contributed by atoms with E-state index in [9.17, 15) is 9.18 Å². The number of carboxylic acids is 1. The van der Waals surface area contributed by atoms with Gasteiger partial charge in [0.2, 0.25) is 0 Å². The van der Waals surface area contributed by atoms with E-state index in [4.69, 9.17) is 5.11 Å². The predicted octanol–water partition coefficient (Wildman–Crippen LogP) is 3.13. The van der Waals surface area contributed by atoms with E-state index in [2.05, 4.69) is 10.4 Å². The zero-order valence-corrected chi connectivity index (χ0v) is 12.8. The molecule has 1 aliphatic rings. The minimum absolute atomic E-state index is 0.226. The Morgan fingerprint density at radius 2 is 2.00 bits per heavy atom. The average Bonchev–Trinajstić information content (AvgIpc) is 2.97. The van der Waals surface area contributed by atoms with Gasteiger partial charge in [-0.3, -0.25) is 4.79 Å². The second kappa shape index (κ2) is 6.81. The molecule has 0 spiro atoms. The molecule has 2 aromatic rings. The standard InChI is InChI=1S/C17H20FN3O2/c18-15-4-2-1-3-13(15)11-21-16(9-10-19-21)20-14-7-5-12(6-8-14)17(22)23/h1-4,9-10,12,14,20H,5-8,11H2,(H,22,23). The van der Waals surface area contributed by atoms with Gasteiger partial charge in [0.15, 0.2) is 0 Å². The number of rotatable bonds is 5. The lowest BCUT2D eigenvalue weighted by Crippen LogP contribution is -2.30. The lowest BCUT2D eigenvalue weighted by atomic mass is 9.86. The van der Waals surface area contributed by atoms with Crippen molar-refractivity contribution >= 4 is 11.8 Å². The molecule has 3 rings (SSSR count). The molecule has 0 saturated heterocycles. The SMILES string of the molecule is O=C(O)C1CCC(Nc2ccnn2Cc2ccccc2F)CC1. The van der Waals surface area contributed by atoms with Gasteiger partial charge in [0.05, 0.1) is 18.7 Å². The third-order valence-corrected chi connectivity index (χ3v) is 4.42. The number of nitrogens with one attached hydrogen (secondary N) is 1. The molecule has 0 atom stereocenters. The first-order valence-electron chi connectivity index (χ1n) is 7.88. The Bertz CT molecular complexity index is 678. The van der Waals surface area contributed by atoms with Crippen LogP contribution in [0.15, 0.2) is 36.5 Å². The van der Waals surface area contributed by atoms with Gasteiger partial charge in [0, 0.05) is 17.7 Å². The Hall–Kier alpha value is -2.37. The maximum atomic E-state index is 13.8. The number of carboxylic acid groups (broad SMARTS) is 1. The van der Waals surface area contributed by atoms with Crippen molar-refractivity contribution in [3.63, 3.8) is 0 Å². The summed E-state index contributed by atoms with van der Waals surface area (Å²) in [7, 11) is 0. The number of halogens is 1. The molecule has 1 heterocycles. The number of benzene rings is 1. The van der Waals surface area contributed by atoms with Gasteiger partial charge in [-0.05, 0) is 31.7 Å². The summed E-state index contributed by atoms with van der Waals surface area (Å²) in [5.74, 6) is -0.327. The van der Waals surface area contributed by atoms with Gasteiger partial charge >= 0.3 is 5.97 Å². The molecule has 0 aliphatic heterocycles. The van der Waals surface area contributed by atoms with E-state index in [1.165, 1.54) is 6.07 Å². The summed E-state index contributed by atoms with van der Waals surface area (Å²) in [6.45, 7) is 0.368. The highest BCUT2D eigenvalue weighted by atomic mass is 19.1. The van der Waals surface area contributed by atoms with Gasteiger partial charge < -0.3 is 10.4 Å². The third-order valence-electron chi connectivity index (χ3n) is 4.42. The summed E-state index contributed by atoms with van der Waals surface area (Å²) >= 11 is 0. The molecule has 1 fully saturated rings. The summed E-state index contributed by atoms with van der Waals surface area (Å²) < 4.78 is 15.5. The summed E-state index contributed by atoms with van der Waals surface area (Å²) in [4.78, 5) is 11.0. The Labute approximate surface area is 134 Å². The van der Waals surface area contributed by atoms with E-state index in [0.717, 1.165) is 18.7 Å². The third kappa shape index (κ3) is 3.70. The highest BCUT2D eigenvalue weighted by Gasteiger charge is 2.26. The molecule has 0 unspecified atom stereocenters. The van der Waals surface area contributed by atoms with Crippen molar-refractivity contribution in [3.8, 4) is 0 Å². The number of aliphatic carboxylic acids is 1. The van der Waals surface area contributed by atoms with Crippen molar-refractivity contribution in [2.45, 2.75) is 38.3 Å². The van der Waals surface area contributed by atoms with Crippen molar-refractivity contribution in [1.82, 2.24) is 9.78 Å². The summed E-state index contributed by atoms with van der Waals surface area (Å²) in [6, 6.07) is 8.77. The van der Waals surface area contributed by atoms with Crippen LogP contribution in [0.2, 0.25) is 0 Å². The maximum absolute atomic E-state index is 13.8. The summed E-state index contributed by atoms with van der Waals surface area (Å²) in [5.41, 5.74) is 0.592. The molecule has 0 amide bonds. The van der Waals surface area contributed by atoms with E-state index in [0.29, 0.717) is 24.9 Å². The van der Waals surface area contributed by atoms with Crippen LogP contribution >= 0.6 is 0 Å².